The van der Waals surface area contributed by atoms with Crippen molar-refractivity contribution in [2.45, 2.75) is 0 Å². The van der Waals surface area contributed by atoms with E-state index in [4.69, 9.17) is 0 Å². The maximum atomic E-state index is 12.9. The molecule has 3 rings (SSSR count). The minimum Gasteiger partial charge on any atom is -0.493 e. The zero-order chi connectivity index (χ0) is 14.1. The second-order valence-electron chi connectivity index (χ2n) is 3.99. The monoisotopic (exact) mass is 289 g/mol. The molecule has 0 radical (unpaired) electrons. The molecule has 0 aliphatic rings. The highest BCUT2D eigenvalue weighted by Crippen LogP contribution is 2.26. The van der Waals surface area contributed by atoms with Gasteiger partial charge in [-0.15, -0.1) is 11.3 Å². The number of rotatable bonds is 2. The Morgan fingerprint density at radius 1 is 1.25 bits per heavy atom. The Balaban J connectivity index is 2.14. The molecular formula is C13H8FN3O2S. The van der Waals surface area contributed by atoms with E-state index in [9.17, 15) is 14.3 Å². The van der Waals surface area contributed by atoms with E-state index in [0.29, 0.717) is 10.4 Å². The van der Waals surface area contributed by atoms with Gasteiger partial charge in [0.15, 0.2) is 5.82 Å². The van der Waals surface area contributed by atoms with Crippen molar-refractivity contribution in [1.29, 1.82) is 0 Å². The highest BCUT2D eigenvalue weighted by atomic mass is 32.1. The van der Waals surface area contributed by atoms with Gasteiger partial charge in [-0.05, 0) is 17.7 Å². The molecular weight excluding hydrogens is 281 g/mol. The van der Waals surface area contributed by atoms with Gasteiger partial charge in [0.05, 0.1) is 10.4 Å². The third-order valence-electron chi connectivity index (χ3n) is 2.70. The van der Waals surface area contributed by atoms with Crippen LogP contribution in [-0.4, -0.2) is 20.1 Å². The molecule has 100 valence electrons. The van der Waals surface area contributed by atoms with Gasteiger partial charge in [0.2, 0.25) is 5.88 Å². The number of aromatic amines is 1. The zero-order valence-corrected chi connectivity index (χ0v) is 10.8. The first kappa shape index (κ1) is 12.5. The Morgan fingerprint density at radius 3 is 2.60 bits per heavy atom. The average Bonchev–Trinajstić information content (AvgIpc) is 2.94. The summed E-state index contributed by atoms with van der Waals surface area (Å²) in [5.41, 5.74) is 1.51. The number of H-pyrrole nitrogens is 1. The molecule has 0 saturated heterocycles. The summed E-state index contributed by atoms with van der Waals surface area (Å²) in [6, 6.07) is 5.25. The van der Waals surface area contributed by atoms with Crippen LogP contribution >= 0.6 is 11.3 Å². The third kappa shape index (κ3) is 2.19. The molecule has 0 aliphatic carbocycles. The standard InChI is InChI=1S/C13H8FN3O2S/c14-8-3-1-7(2-4-8)10-12(18)16-11(17-13(10)19)9-5-15-6-20-9/h1-6H,(H2,16,17,18,19). The average molecular weight is 289 g/mol. The number of nitrogens with zero attached hydrogens (tertiary/aromatic N) is 2. The second-order valence-corrected chi connectivity index (χ2v) is 4.87. The number of aromatic nitrogens is 3. The molecule has 0 bridgehead atoms. The van der Waals surface area contributed by atoms with Crippen LogP contribution in [-0.2, 0) is 0 Å². The van der Waals surface area contributed by atoms with Crippen molar-refractivity contribution in [2.75, 3.05) is 0 Å². The van der Waals surface area contributed by atoms with Crippen molar-refractivity contribution in [3.05, 3.63) is 52.1 Å². The number of halogens is 1. The number of benzene rings is 1. The lowest BCUT2D eigenvalue weighted by Crippen LogP contribution is -2.11. The Kier molecular flexibility index (Phi) is 3.03. The molecule has 0 fully saturated rings. The molecule has 0 aliphatic heterocycles. The fourth-order valence-electron chi connectivity index (χ4n) is 1.79. The van der Waals surface area contributed by atoms with E-state index in [0.717, 1.165) is 0 Å². The summed E-state index contributed by atoms with van der Waals surface area (Å²) in [6.07, 6.45) is 1.54. The molecule has 2 heterocycles. The predicted octanol–water partition coefficient (Wildman–Crippen LogP) is 2.41. The van der Waals surface area contributed by atoms with Crippen LogP contribution in [0.4, 0.5) is 4.39 Å². The van der Waals surface area contributed by atoms with Crippen LogP contribution in [0.5, 0.6) is 5.88 Å². The topological polar surface area (TPSA) is 78.9 Å². The van der Waals surface area contributed by atoms with Gasteiger partial charge in [0.25, 0.3) is 5.56 Å². The zero-order valence-electron chi connectivity index (χ0n) is 10.0. The summed E-state index contributed by atoms with van der Waals surface area (Å²) in [7, 11) is 0. The molecule has 3 aromatic rings. The first-order valence-corrected chi connectivity index (χ1v) is 6.51. The molecule has 20 heavy (non-hydrogen) atoms. The van der Waals surface area contributed by atoms with Gasteiger partial charge in [-0.3, -0.25) is 9.78 Å². The molecule has 0 amide bonds. The lowest BCUT2D eigenvalue weighted by molar-refractivity contribution is 0.454. The Morgan fingerprint density at radius 2 is 2.00 bits per heavy atom. The van der Waals surface area contributed by atoms with E-state index in [1.807, 2.05) is 0 Å². The second kappa shape index (κ2) is 4.86. The Bertz CT molecular complexity index is 797. The van der Waals surface area contributed by atoms with E-state index >= 15 is 0 Å². The van der Waals surface area contributed by atoms with Crippen molar-refractivity contribution in [1.82, 2.24) is 15.0 Å². The van der Waals surface area contributed by atoms with Crippen molar-refractivity contribution in [3.8, 4) is 27.7 Å². The van der Waals surface area contributed by atoms with E-state index in [1.54, 1.807) is 11.7 Å². The largest absolute Gasteiger partial charge is 0.493 e. The normalized spacial score (nSPS) is 10.7. The van der Waals surface area contributed by atoms with Crippen molar-refractivity contribution in [3.63, 3.8) is 0 Å². The first-order valence-electron chi connectivity index (χ1n) is 5.63. The van der Waals surface area contributed by atoms with Crippen molar-refractivity contribution in [2.24, 2.45) is 0 Å². The van der Waals surface area contributed by atoms with Crippen LogP contribution in [0.1, 0.15) is 0 Å². The fraction of sp³-hybridized carbons (Fsp3) is 0. The van der Waals surface area contributed by atoms with Gasteiger partial charge >= 0.3 is 0 Å². The number of hydrogen-bond donors (Lipinski definition) is 2. The molecule has 0 spiro atoms. The van der Waals surface area contributed by atoms with E-state index in [-0.39, 0.29) is 11.4 Å². The molecule has 1 aromatic carbocycles. The maximum absolute atomic E-state index is 12.9. The molecule has 2 aromatic heterocycles. The van der Waals surface area contributed by atoms with Crippen LogP contribution in [0.2, 0.25) is 0 Å². The van der Waals surface area contributed by atoms with Gasteiger partial charge in [-0.1, -0.05) is 12.1 Å². The van der Waals surface area contributed by atoms with Gasteiger partial charge in [-0.2, -0.15) is 4.98 Å². The predicted molar refractivity (Wildman–Crippen MR) is 73.0 cm³/mol. The lowest BCUT2D eigenvalue weighted by atomic mass is 10.1. The van der Waals surface area contributed by atoms with Crippen LogP contribution in [0.3, 0.4) is 0 Å². The molecule has 0 unspecified atom stereocenters. The summed E-state index contributed by atoms with van der Waals surface area (Å²) in [5, 5.41) is 9.95. The minimum atomic E-state index is -0.493. The third-order valence-corrected chi connectivity index (χ3v) is 3.48. The SMILES string of the molecule is O=c1[nH]c(-c2cncs2)nc(O)c1-c1ccc(F)cc1. The highest BCUT2D eigenvalue weighted by Gasteiger charge is 2.14. The van der Waals surface area contributed by atoms with Crippen LogP contribution in [0.15, 0.2) is 40.8 Å². The van der Waals surface area contributed by atoms with Crippen molar-refractivity contribution < 1.29 is 9.50 Å². The smallest absolute Gasteiger partial charge is 0.262 e. The van der Waals surface area contributed by atoms with E-state index < -0.39 is 17.3 Å². The van der Waals surface area contributed by atoms with Crippen LogP contribution < -0.4 is 5.56 Å². The summed E-state index contributed by atoms with van der Waals surface area (Å²) < 4.78 is 12.9. The fourth-order valence-corrected chi connectivity index (χ4v) is 2.35. The maximum Gasteiger partial charge on any atom is 0.262 e. The van der Waals surface area contributed by atoms with Gasteiger partial charge < -0.3 is 10.1 Å². The van der Waals surface area contributed by atoms with Crippen LogP contribution in [0.25, 0.3) is 21.8 Å². The molecule has 5 nitrogen and oxygen atoms in total. The Hall–Kier alpha value is -2.54. The van der Waals surface area contributed by atoms with E-state index in [1.165, 1.54) is 35.6 Å². The summed E-state index contributed by atoms with van der Waals surface area (Å²) in [4.78, 5) is 23.1. The van der Waals surface area contributed by atoms with Gasteiger partial charge in [0, 0.05) is 6.20 Å². The number of thiazole rings is 1. The molecule has 2 N–H and O–H groups in total. The minimum absolute atomic E-state index is 0.0123. The van der Waals surface area contributed by atoms with E-state index in [2.05, 4.69) is 15.0 Å². The molecule has 7 heteroatoms. The number of hydrogen-bond acceptors (Lipinski definition) is 5. The van der Waals surface area contributed by atoms with Gasteiger partial charge in [0.1, 0.15) is 11.4 Å². The summed E-state index contributed by atoms with van der Waals surface area (Å²) >= 11 is 1.29. The Labute approximate surface area is 116 Å². The lowest BCUT2D eigenvalue weighted by Gasteiger charge is -2.04. The number of aromatic hydroxyl groups is 1. The summed E-state index contributed by atoms with van der Waals surface area (Å²) in [6.45, 7) is 0. The molecule has 0 atom stereocenters. The molecule has 0 saturated carbocycles. The number of nitrogens with one attached hydrogen (secondary N) is 1. The van der Waals surface area contributed by atoms with Gasteiger partial charge in [-0.25, -0.2) is 4.39 Å². The van der Waals surface area contributed by atoms with Crippen LogP contribution in [0, 0.1) is 5.82 Å². The first-order chi connectivity index (χ1) is 9.65. The highest BCUT2D eigenvalue weighted by molar-refractivity contribution is 7.13. The van der Waals surface area contributed by atoms with Crippen molar-refractivity contribution >= 4 is 11.3 Å². The summed E-state index contributed by atoms with van der Waals surface area (Å²) in [5.74, 6) is -0.566. The quantitative estimate of drug-likeness (QED) is 0.759.